The summed E-state index contributed by atoms with van der Waals surface area (Å²) in [5, 5.41) is 16.9. The Morgan fingerprint density at radius 3 is 2.66 bits per heavy atom. The van der Waals surface area contributed by atoms with E-state index in [1.807, 2.05) is 36.4 Å². The Kier molecular flexibility index (Phi) is 6.17. The van der Waals surface area contributed by atoms with Crippen molar-refractivity contribution in [3.8, 4) is 11.8 Å². The molecule has 2 heterocycles. The predicted octanol–water partition coefficient (Wildman–Crippen LogP) is 2.82. The normalized spacial score (nSPS) is 13.2. The summed E-state index contributed by atoms with van der Waals surface area (Å²) < 4.78 is 1.57. The highest BCUT2D eigenvalue weighted by Crippen LogP contribution is 2.23. The molecule has 0 spiro atoms. The molecule has 1 saturated heterocycles. The molecule has 1 aliphatic heterocycles. The van der Waals surface area contributed by atoms with Crippen LogP contribution in [-0.4, -0.2) is 34.7 Å². The number of aryl methyl sites for hydroxylation is 1. The molecule has 8 nitrogen and oxygen atoms in total. The Labute approximate surface area is 186 Å². The van der Waals surface area contributed by atoms with Crippen molar-refractivity contribution >= 4 is 23.3 Å². The second-order valence-electron chi connectivity index (χ2n) is 7.62. The number of nitrogens with one attached hydrogen (secondary N) is 1. The number of carbonyl (C=O) groups excluding carboxylic acids is 2. The quantitative estimate of drug-likeness (QED) is 0.561. The summed E-state index contributed by atoms with van der Waals surface area (Å²) in [6.07, 6.45) is 2.50. The average Bonchev–Trinajstić information content (AvgIpc) is 3.39. The average molecular weight is 428 g/mol. The van der Waals surface area contributed by atoms with Gasteiger partial charge in [0.05, 0.1) is 11.4 Å². The van der Waals surface area contributed by atoms with Gasteiger partial charge in [-0.25, -0.2) is 4.68 Å². The molecule has 0 unspecified atom stereocenters. The first-order valence-corrected chi connectivity index (χ1v) is 10.6. The van der Waals surface area contributed by atoms with Crippen LogP contribution in [0.15, 0.2) is 54.6 Å². The summed E-state index contributed by atoms with van der Waals surface area (Å²) in [5.41, 5.74) is 9.16. The highest BCUT2D eigenvalue weighted by Gasteiger charge is 2.22. The van der Waals surface area contributed by atoms with E-state index in [1.165, 1.54) is 0 Å². The molecule has 32 heavy (non-hydrogen) atoms. The van der Waals surface area contributed by atoms with Crippen LogP contribution in [0.1, 0.15) is 40.9 Å². The van der Waals surface area contributed by atoms with Crippen LogP contribution in [0.3, 0.4) is 0 Å². The fourth-order valence-electron chi connectivity index (χ4n) is 3.84. The van der Waals surface area contributed by atoms with Gasteiger partial charge in [-0.3, -0.25) is 9.59 Å². The molecular formula is C24H24N6O2. The molecule has 0 bridgehead atoms. The van der Waals surface area contributed by atoms with Gasteiger partial charge >= 0.3 is 0 Å². The van der Waals surface area contributed by atoms with Crippen molar-refractivity contribution in [2.75, 3.05) is 23.7 Å². The number of carbonyl (C=O) groups is 2. The number of para-hydroxylation sites is 1. The third kappa shape index (κ3) is 4.32. The van der Waals surface area contributed by atoms with Crippen molar-refractivity contribution in [1.82, 2.24) is 15.1 Å². The van der Waals surface area contributed by atoms with E-state index in [1.54, 1.807) is 27.8 Å². The number of nitriles is 1. The summed E-state index contributed by atoms with van der Waals surface area (Å²) in [6.45, 7) is 1.11. The lowest BCUT2D eigenvalue weighted by Crippen LogP contribution is -2.26. The first kappa shape index (κ1) is 21.1. The minimum Gasteiger partial charge on any atom is -0.382 e. The number of nitrogens with two attached hydrogens (primary N) is 1. The molecule has 1 aromatic heterocycles. The second kappa shape index (κ2) is 9.35. The fourth-order valence-corrected chi connectivity index (χ4v) is 3.84. The van der Waals surface area contributed by atoms with E-state index in [0.29, 0.717) is 55.0 Å². The molecule has 8 heteroatoms. The van der Waals surface area contributed by atoms with Crippen molar-refractivity contribution in [3.63, 3.8) is 0 Å². The smallest absolute Gasteiger partial charge is 0.251 e. The third-order valence-corrected chi connectivity index (χ3v) is 5.48. The zero-order chi connectivity index (χ0) is 22.5. The van der Waals surface area contributed by atoms with Gasteiger partial charge in [0, 0.05) is 30.8 Å². The Morgan fingerprint density at radius 1 is 1.16 bits per heavy atom. The maximum absolute atomic E-state index is 12.6. The number of nitrogens with zero attached hydrogens (tertiary/aromatic N) is 4. The Morgan fingerprint density at radius 2 is 1.94 bits per heavy atom. The van der Waals surface area contributed by atoms with Gasteiger partial charge < -0.3 is 16.0 Å². The number of hydrogen-bond acceptors (Lipinski definition) is 5. The maximum Gasteiger partial charge on any atom is 0.251 e. The molecule has 0 radical (unpaired) electrons. The minimum atomic E-state index is -0.201. The number of rotatable bonds is 7. The molecule has 2 aromatic carbocycles. The van der Waals surface area contributed by atoms with Crippen molar-refractivity contribution < 1.29 is 9.59 Å². The third-order valence-electron chi connectivity index (χ3n) is 5.48. The van der Waals surface area contributed by atoms with Gasteiger partial charge in [-0.15, -0.1) is 0 Å². The Hall–Kier alpha value is -4.12. The molecule has 1 aliphatic rings. The van der Waals surface area contributed by atoms with E-state index in [4.69, 9.17) is 5.73 Å². The first-order valence-electron chi connectivity index (χ1n) is 10.6. The lowest BCUT2D eigenvalue weighted by atomic mass is 10.1. The van der Waals surface area contributed by atoms with Gasteiger partial charge in [-0.05, 0) is 49.6 Å². The van der Waals surface area contributed by atoms with E-state index in [9.17, 15) is 14.9 Å². The zero-order valence-electron chi connectivity index (χ0n) is 17.6. The van der Waals surface area contributed by atoms with Crippen LogP contribution in [0.5, 0.6) is 0 Å². The number of aromatic nitrogens is 2. The van der Waals surface area contributed by atoms with Gasteiger partial charge in [0.1, 0.15) is 17.5 Å². The van der Waals surface area contributed by atoms with E-state index in [2.05, 4.69) is 16.5 Å². The van der Waals surface area contributed by atoms with Crippen LogP contribution in [0.2, 0.25) is 0 Å². The van der Waals surface area contributed by atoms with Gasteiger partial charge in [0.2, 0.25) is 5.91 Å². The lowest BCUT2D eigenvalue weighted by molar-refractivity contribution is -0.117. The molecule has 2 amide bonds. The number of amides is 2. The molecular weight excluding hydrogens is 404 g/mol. The summed E-state index contributed by atoms with van der Waals surface area (Å²) >= 11 is 0. The highest BCUT2D eigenvalue weighted by atomic mass is 16.2. The van der Waals surface area contributed by atoms with Crippen LogP contribution in [0.25, 0.3) is 5.69 Å². The van der Waals surface area contributed by atoms with E-state index in [-0.39, 0.29) is 11.8 Å². The lowest BCUT2D eigenvalue weighted by Gasteiger charge is -2.16. The van der Waals surface area contributed by atoms with Crippen molar-refractivity contribution in [2.24, 2.45) is 0 Å². The number of nitrogen functional groups attached to an aromatic ring is 1. The Balaban J connectivity index is 1.36. The molecule has 3 aromatic rings. The van der Waals surface area contributed by atoms with Gasteiger partial charge in [-0.2, -0.15) is 10.4 Å². The zero-order valence-corrected chi connectivity index (χ0v) is 17.6. The van der Waals surface area contributed by atoms with E-state index >= 15 is 0 Å². The Bertz CT molecular complexity index is 1180. The van der Waals surface area contributed by atoms with Gasteiger partial charge in [0.25, 0.3) is 5.91 Å². The molecule has 4 rings (SSSR count). The topological polar surface area (TPSA) is 117 Å². The van der Waals surface area contributed by atoms with Gasteiger partial charge in [-0.1, -0.05) is 24.3 Å². The molecule has 0 aliphatic carbocycles. The first-order chi connectivity index (χ1) is 15.6. The summed E-state index contributed by atoms with van der Waals surface area (Å²) in [6, 6.07) is 18.7. The van der Waals surface area contributed by atoms with Crippen molar-refractivity contribution in [1.29, 1.82) is 5.26 Å². The summed E-state index contributed by atoms with van der Waals surface area (Å²) in [4.78, 5) is 26.2. The maximum atomic E-state index is 12.6. The summed E-state index contributed by atoms with van der Waals surface area (Å²) in [7, 11) is 0. The summed E-state index contributed by atoms with van der Waals surface area (Å²) in [5.74, 6) is 0.199. The van der Waals surface area contributed by atoms with Crippen LogP contribution in [0.4, 0.5) is 11.5 Å². The fraction of sp³-hybridized carbons (Fsp3) is 0.250. The SMILES string of the molecule is N#Cc1c(CCCNC(=O)c2cccc(N3CCCC3=O)c2)nn(-c2ccccc2)c1N. The van der Waals surface area contributed by atoms with Gasteiger partial charge in [0.15, 0.2) is 0 Å². The predicted molar refractivity (Wildman–Crippen MR) is 121 cm³/mol. The van der Waals surface area contributed by atoms with E-state index < -0.39 is 0 Å². The van der Waals surface area contributed by atoms with Crippen LogP contribution < -0.4 is 16.0 Å². The largest absolute Gasteiger partial charge is 0.382 e. The highest BCUT2D eigenvalue weighted by molar-refractivity contribution is 5.99. The number of benzene rings is 2. The minimum absolute atomic E-state index is 0.0880. The van der Waals surface area contributed by atoms with Crippen molar-refractivity contribution in [3.05, 3.63) is 71.4 Å². The molecule has 3 N–H and O–H groups in total. The number of anilines is 2. The molecule has 0 atom stereocenters. The molecule has 162 valence electrons. The van der Waals surface area contributed by atoms with E-state index in [0.717, 1.165) is 17.8 Å². The number of hydrogen-bond donors (Lipinski definition) is 2. The van der Waals surface area contributed by atoms with Crippen LogP contribution >= 0.6 is 0 Å². The monoisotopic (exact) mass is 428 g/mol. The van der Waals surface area contributed by atoms with Crippen molar-refractivity contribution in [2.45, 2.75) is 25.7 Å². The van der Waals surface area contributed by atoms with Crippen LogP contribution in [-0.2, 0) is 11.2 Å². The second-order valence-corrected chi connectivity index (χ2v) is 7.62. The van der Waals surface area contributed by atoms with Crippen LogP contribution in [0, 0.1) is 11.3 Å². The molecule has 1 fully saturated rings. The molecule has 0 saturated carbocycles. The standard InChI is InChI=1S/C24H24N6O2/c25-16-20-21(28-30(23(20)26)18-8-2-1-3-9-18)11-5-13-27-24(32)17-7-4-10-19(15-17)29-14-6-12-22(29)31/h1-4,7-10,15H,5-6,11-14,26H2,(H,27,32).